The summed E-state index contributed by atoms with van der Waals surface area (Å²) in [6, 6.07) is 11.1. The number of nitrogens with two attached hydrogens (primary N) is 1. The second kappa shape index (κ2) is 11.9. The molecule has 1 saturated heterocycles. The number of likely N-dealkylation sites (tertiary alicyclic amines) is 1. The fourth-order valence-corrected chi connectivity index (χ4v) is 4.28. The van der Waals surface area contributed by atoms with Gasteiger partial charge in [-0.05, 0) is 56.7 Å². The van der Waals surface area contributed by atoms with Crippen molar-refractivity contribution >= 4 is 30.7 Å². The molecule has 154 valence electrons. The van der Waals surface area contributed by atoms with Gasteiger partial charge in [0.2, 0.25) is 5.91 Å². The van der Waals surface area contributed by atoms with Crippen LogP contribution in [0.15, 0.2) is 30.3 Å². The van der Waals surface area contributed by atoms with Gasteiger partial charge in [0.05, 0.1) is 6.04 Å². The second-order valence-electron chi connectivity index (χ2n) is 8.01. The standard InChI is InChI=1S/C21H33N3O.2ClH/c1-16-10-12-24(13-11-16)20(17-6-3-2-4-7-17)15-23-21(25)18-8-5-9-19(22)14-18;;/h2-4,6-7,16,18-20H,5,8-15,22H2,1H3,(H,23,25);2*1H. The fourth-order valence-electron chi connectivity index (χ4n) is 4.28. The van der Waals surface area contributed by atoms with E-state index in [2.05, 4.69) is 47.5 Å². The van der Waals surface area contributed by atoms with Gasteiger partial charge in [0.25, 0.3) is 0 Å². The first kappa shape index (κ1) is 24.2. The van der Waals surface area contributed by atoms with E-state index >= 15 is 0 Å². The van der Waals surface area contributed by atoms with E-state index in [9.17, 15) is 4.79 Å². The Kier molecular flexibility index (Phi) is 10.7. The first-order chi connectivity index (χ1) is 12.1. The Hall–Kier alpha value is -0.810. The van der Waals surface area contributed by atoms with Crippen LogP contribution < -0.4 is 11.1 Å². The van der Waals surface area contributed by atoms with Gasteiger partial charge in [0.1, 0.15) is 0 Å². The molecule has 1 aromatic carbocycles. The van der Waals surface area contributed by atoms with E-state index in [0.717, 1.165) is 44.7 Å². The predicted octanol–water partition coefficient (Wildman–Crippen LogP) is 3.94. The smallest absolute Gasteiger partial charge is 0.223 e. The van der Waals surface area contributed by atoms with Gasteiger partial charge in [0, 0.05) is 18.5 Å². The molecule has 1 aliphatic heterocycles. The first-order valence-electron chi connectivity index (χ1n) is 9.95. The maximum Gasteiger partial charge on any atom is 0.223 e. The minimum absolute atomic E-state index is 0. The van der Waals surface area contributed by atoms with Gasteiger partial charge < -0.3 is 11.1 Å². The number of rotatable bonds is 5. The molecule has 2 fully saturated rings. The first-order valence-corrected chi connectivity index (χ1v) is 9.95. The summed E-state index contributed by atoms with van der Waals surface area (Å²) in [4.78, 5) is 15.2. The fraction of sp³-hybridized carbons (Fsp3) is 0.667. The average molecular weight is 416 g/mol. The van der Waals surface area contributed by atoms with Gasteiger partial charge in [-0.3, -0.25) is 9.69 Å². The molecule has 0 spiro atoms. The third-order valence-corrected chi connectivity index (χ3v) is 6.00. The van der Waals surface area contributed by atoms with Crippen LogP contribution >= 0.6 is 24.8 Å². The van der Waals surface area contributed by atoms with E-state index in [1.807, 2.05) is 0 Å². The Balaban J connectivity index is 0.00000182. The van der Waals surface area contributed by atoms with E-state index in [4.69, 9.17) is 5.73 Å². The lowest BCUT2D eigenvalue weighted by Crippen LogP contribution is -2.44. The van der Waals surface area contributed by atoms with Crippen LogP contribution in [-0.2, 0) is 4.79 Å². The van der Waals surface area contributed by atoms with Crippen molar-refractivity contribution in [3.05, 3.63) is 35.9 Å². The molecule has 1 amide bonds. The van der Waals surface area contributed by atoms with Gasteiger partial charge in [-0.1, -0.05) is 43.7 Å². The van der Waals surface area contributed by atoms with E-state index in [-0.39, 0.29) is 48.7 Å². The molecule has 1 saturated carbocycles. The number of piperidine rings is 1. The minimum Gasteiger partial charge on any atom is -0.354 e. The molecule has 1 aromatic rings. The topological polar surface area (TPSA) is 58.4 Å². The SMILES string of the molecule is CC1CCN(C(CNC(=O)C2CCCC(N)C2)c2ccccc2)CC1.Cl.Cl. The maximum absolute atomic E-state index is 12.6. The van der Waals surface area contributed by atoms with Crippen molar-refractivity contribution in [2.45, 2.75) is 57.5 Å². The van der Waals surface area contributed by atoms with E-state index in [0.29, 0.717) is 6.54 Å². The molecule has 3 N–H and O–H groups in total. The summed E-state index contributed by atoms with van der Waals surface area (Å²) >= 11 is 0. The highest BCUT2D eigenvalue weighted by Gasteiger charge is 2.28. The molecule has 3 unspecified atom stereocenters. The number of carbonyl (C=O) groups is 1. The van der Waals surface area contributed by atoms with Gasteiger partial charge in [-0.2, -0.15) is 0 Å². The Bertz CT molecular complexity index is 550. The molecule has 3 rings (SSSR count). The Morgan fingerprint density at radius 3 is 2.44 bits per heavy atom. The molecule has 0 aromatic heterocycles. The molecule has 27 heavy (non-hydrogen) atoms. The number of carbonyl (C=O) groups excluding carboxylic acids is 1. The average Bonchev–Trinajstić information content (AvgIpc) is 2.64. The Morgan fingerprint density at radius 2 is 1.81 bits per heavy atom. The molecular formula is C21H35Cl2N3O. The zero-order chi connectivity index (χ0) is 17.6. The lowest BCUT2D eigenvalue weighted by Gasteiger charge is -2.37. The number of nitrogens with zero attached hydrogens (tertiary/aromatic N) is 1. The molecular weight excluding hydrogens is 381 g/mol. The van der Waals surface area contributed by atoms with E-state index in [1.165, 1.54) is 18.4 Å². The number of hydrogen-bond donors (Lipinski definition) is 2. The lowest BCUT2D eigenvalue weighted by molar-refractivity contribution is -0.126. The number of hydrogen-bond acceptors (Lipinski definition) is 3. The normalized spacial score (nSPS) is 25.0. The maximum atomic E-state index is 12.6. The third kappa shape index (κ3) is 6.94. The summed E-state index contributed by atoms with van der Waals surface area (Å²) in [7, 11) is 0. The van der Waals surface area contributed by atoms with Crippen LogP contribution in [0, 0.1) is 11.8 Å². The van der Waals surface area contributed by atoms with Crippen molar-refractivity contribution in [3.8, 4) is 0 Å². The van der Waals surface area contributed by atoms with Crippen molar-refractivity contribution in [2.75, 3.05) is 19.6 Å². The highest BCUT2D eigenvalue weighted by molar-refractivity contribution is 5.85. The number of nitrogens with one attached hydrogen (secondary N) is 1. The van der Waals surface area contributed by atoms with Crippen molar-refractivity contribution in [3.63, 3.8) is 0 Å². The summed E-state index contributed by atoms with van der Waals surface area (Å²) in [5, 5.41) is 3.24. The quantitative estimate of drug-likeness (QED) is 0.765. The predicted molar refractivity (Wildman–Crippen MR) is 117 cm³/mol. The van der Waals surface area contributed by atoms with Crippen LogP contribution in [0.5, 0.6) is 0 Å². The molecule has 2 aliphatic rings. The van der Waals surface area contributed by atoms with Crippen molar-refractivity contribution in [2.24, 2.45) is 17.6 Å². The summed E-state index contributed by atoms with van der Waals surface area (Å²) in [5.41, 5.74) is 7.36. The summed E-state index contributed by atoms with van der Waals surface area (Å²) in [6.07, 6.45) is 6.44. The summed E-state index contributed by atoms with van der Waals surface area (Å²) in [6.45, 7) is 5.27. The summed E-state index contributed by atoms with van der Waals surface area (Å²) in [5.74, 6) is 1.11. The van der Waals surface area contributed by atoms with Crippen LogP contribution in [0.1, 0.15) is 57.1 Å². The third-order valence-electron chi connectivity index (χ3n) is 6.00. The summed E-state index contributed by atoms with van der Waals surface area (Å²) < 4.78 is 0. The molecule has 0 bridgehead atoms. The van der Waals surface area contributed by atoms with Crippen LogP contribution in [0.4, 0.5) is 0 Å². The Morgan fingerprint density at radius 1 is 1.15 bits per heavy atom. The van der Waals surface area contributed by atoms with Crippen molar-refractivity contribution in [1.29, 1.82) is 0 Å². The molecule has 1 aliphatic carbocycles. The Labute approximate surface area is 176 Å². The van der Waals surface area contributed by atoms with Gasteiger partial charge >= 0.3 is 0 Å². The van der Waals surface area contributed by atoms with Crippen molar-refractivity contribution < 1.29 is 4.79 Å². The highest BCUT2D eigenvalue weighted by Crippen LogP contribution is 2.27. The molecule has 6 heteroatoms. The minimum atomic E-state index is 0. The van der Waals surface area contributed by atoms with Gasteiger partial charge in [-0.15, -0.1) is 24.8 Å². The second-order valence-corrected chi connectivity index (χ2v) is 8.01. The monoisotopic (exact) mass is 415 g/mol. The number of amides is 1. The zero-order valence-corrected chi connectivity index (χ0v) is 17.9. The molecule has 0 radical (unpaired) electrons. The van der Waals surface area contributed by atoms with Crippen LogP contribution in [0.25, 0.3) is 0 Å². The van der Waals surface area contributed by atoms with Gasteiger partial charge in [-0.25, -0.2) is 0 Å². The van der Waals surface area contributed by atoms with Crippen LogP contribution in [-0.4, -0.2) is 36.5 Å². The molecule has 3 atom stereocenters. The number of benzene rings is 1. The molecule has 1 heterocycles. The van der Waals surface area contributed by atoms with E-state index in [1.54, 1.807) is 0 Å². The van der Waals surface area contributed by atoms with E-state index < -0.39 is 0 Å². The van der Waals surface area contributed by atoms with Crippen LogP contribution in [0.2, 0.25) is 0 Å². The highest BCUT2D eigenvalue weighted by atomic mass is 35.5. The largest absolute Gasteiger partial charge is 0.354 e. The number of halogens is 2. The van der Waals surface area contributed by atoms with Crippen molar-refractivity contribution in [1.82, 2.24) is 10.2 Å². The van der Waals surface area contributed by atoms with Crippen LogP contribution in [0.3, 0.4) is 0 Å². The lowest BCUT2D eigenvalue weighted by atomic mass is 9.85. The van der Waals surface area contributed by atoms with Gasteiger partial charge in [0.15, 0.2) is 0 Å². The molecule has 4 nitrogen and oxygen atoms in total. The zero-order valence-electron chi connectivity index (χ0n) is 16.3.